The van der Waals surface area contributed by atoms with Crippen molar-refractivity contribution in [3.05, 3.63) is 68.3 Å². The first-order valence-corrected chi connectivity index (χ1v) is 15.3. The molecule has 3 atom stereocenters. The molecule has 4 rings (SSSR count). The lowest BCUT2D eigenvalue weighted by Gasteiger charge is -2.45. The average molecular weight is 731 g/mol. The van der Waals surface area contributed by atoms with E-state index in [1.54, 1.807) is 6.07 Å². The van der Waals surface area contributed by atoms with Gasteiger partial charge in [-0.1, -0.05) is 19.3 Å². The van der Waals surface area contributed by atoms with Crippen molar-refractivity contribution in [3.63, 3.8) is 0 Å². The summed E-state index contributed by atoms with van der Waals surface area (Å²) in [5, 5.41) is 23.6. The lowest BCUT2D eigenvalue weighted by Crippen LogP contribution is -2.58. The Hall–Kier alpha value is -3.17. The van der Waals surface area contributed by atoms with Crippen LogP contribution in [0.3, 0.4) is 0 Å². The Bertz CT molecular complexity index is 1380. The molecule has 0 radical (unpaired) electrons. The molecule has 238 valence electrons. The number of alkyl halides is 3. The molecule has 2 aliphatic carbocycles. The zero-order valence-electron chi connectivity index (χ0n) is 24.0. The Morgan fingerprint density at radius 2 is 1.82 bits per heavy atom. The molecular formula is C31H34F3IN2O7. The molecule has 9 nitrogen and oxygen atoms in total. The second-order valence-electron chi connectivity index (χ2n) is 10.7. The molecule has 1 fully saturated rings. The molecule has 0 aromatic heterocycles. The predicted molar refractivity (Wildman–Crippen MR) is 163 cm³/mol. The van der Waals surface area contributed by atoms with Gasteiger partial charge in [0.05, 0.1) is 28.9 Å². The minimum absolute atomic E-state index is 0.0229. The van der Waals surface area contributed by atoms with E-state index in [1.165, 1.54) is 24.2 Å². The fraction of sp³-hybridized carbons (Fsp3) is 0.452. The zero-order valence-corrected chi connectivity index (χ0v) is 26.1. The highest BCUT2D eigenvalue weighted by atomic mass is 127. The summed E-state index contributed by atoms with van der Waals surface area (Å²) >= 11 is 1.96. The molecule has 2 aliphatic rings. The Kier molecular flexibility index (Phi) is 11.3. The van der Waals surface area contributed by atoms with Crippen LogP contribution in [-0.2, 0) is 11.0 Å². The highest BCUT2D eigenvalue weighted by Gasteiger charge is 2.44. The number of carbonyl (C=O) groups excluding carboxylic acids is 3. The highest BCUT2D eigenvalue weighted by Crippen LogP contribution is 2.38. The summed E-state index contributed by atoms with van der Waals surface area (Å²) in [5.74, 6) is -0.646. The highest BCUT2D eigenvalue weighted by molar-refractivity contribution is 14.1. The van der Waals surface area contributed by atoms with Crippen molar-refractivity contribution in [2.45, 2.75) is 69.0 Å². The first kappa shape index (κ1) is 33.7. The van der Waals surface area contributed by atoms with Crippen LogP contribution in [0.2, 0.25) is 0 Å². The number of hydrogen-bond acceptors (Lipinski definition) is 7. The Morgan fingerprint density at radius 3 is 2.41 bits per heavy atom. The second-order valence-corrected chi connectivity index (χ2v) is 11.9. The normalized spacial score (nSPS) is 20.8. The lowest BCUT2D eigenvalue weighted by molar-refractivity contribution is -0.137. The molecule has 3 N–H and O–H groups in total. The van der Waals surface area contributed by atoms with Gasteiger partial charge in [0.25, 0.3) is 5.91 Å². The maximum absolute atomic E-state index is 14.1. The SMILES string of the molecule is COc1cc(C=O)cc(I)c1OC1C=C(C(=O)NCCO)CC(N(C(=O)c2ccc(C(F)(F)F)cc2)C2CCCCC2)C1O. The molecule has 3 unspecified atom stereocenters. The Labute approximate surface area is 266 Å². The number of benzene rings is 2. The van der Waals surface area contributed by atoms with E-state index in [0.29, 0.717) is 28.3 Å². The van der Waals surface area contributed by atoms with Gasteiger partial charge in [-0.2, -0.15) is 13.2 Å². The summed E-state index contributed by atoms with van der Waals surface area (Å²) in [4.78, 5) is 40.1. The monoisotopic (exact) mass is 730 g/mol. The zero-order chi connectivity index (χ0) is 32.0. The van der Waals surface area contributed by atoms with Gasteiger partial charge in [-0.25, -0.2) is 0 Å². The summed E-state index contributed by atoms with van der Waals surface area (Å²) in [6, 6.07) is 5.67. The average Bonchev–Trinajstić information content (AvgIpc) is 3.02. The number of aliphatic hydroxyl groups is 2. The Morgan fingerprint density at radius 1 is 1.14 bits per heavy atom. The van der Waals surface area contributed by atoms with Crippen molar-refractivity contribution in [2.75, 3.05) is 20.3 Å². The van der Waals surface area contributed by atoms with E-state index in [2.05, 4.69) is 5.32 Å². The standard InChI is InChI=1S/C31H34F3IN2O7/c1-43-26-14-18(17-39)13-23(35)28(26)44-25-16-20(29(41)36-11-12-38)15-24(27(25)40)37(22-5-3-2-4-6-22)30(42)19-7-9-21(10-8-19)31(32,33)34/h7-10,13-14,16-17,22,24-25,27,38,40H,2-6,11-12,15H2,1H3,(H,36,41). The van der Waals surface area contributed by atoms with Gasteiger partial charge in [0.2, 0.25) is 5.91 Å². The van der Waals surface area contributed by atoms with E-state index in [1.807, 2.05) is 22.6 Å². The van der Waals surface area contributed by atoms with Crippen LogP contribution < -0.4 is 14.8 Å². The van der Waals surface area contributed by atoms with Crippen LogP contribution in [0, 0.1) is 3.57 Å². The van der Waals surface area contributed by atoms with E-state index < -0.39 is 41.8 Å². The molecule has 2 aromatic rings. The number of nitrogens with zero attached hydrogens (tertiary/aromatic N) is 1. The quantitative estimate of drug-likeness (QED) is 0.243. The van der Waals surface area contributed by atoms with E-state index in [9.17, 15) is 37.8 Å². The van der Waals surface area contributed by atoms with E-state index in [-0.39, 0.29) is 48.2 Å². The molecular weight excluding hydrogens is 696 g/mol. The summed E-state index contributed by atoms with van der Waals surface area (Å²) in [6.45, 7) is -0.325. The van der Waals surface area contributed by atoms with Gasteiger partial charge in [-0.05, 0) is 77.9 Å². The van der Waals surface area contributed by atoms with Gasteiger partial charge in [-0.3, -0.25) is 14.4 Å². The van der Waals surface area contributed by atoms with Crippen molar-refractivity contribution in [3.8, 4) is 11.5 Å². The van der Waals surface area contributed by atoms with Crippen molar-refractivity contribution in [1.29, 1.82) is 0 Å². The Balaban J connectivity index is 1.76. The third-order valence-electron chi connectivity index (χ3n) is 7.88. The number of rotatable bonds is 10. The van der Waals surface area contributed by atoms with Crippen LogP contribution >= 0.6 is 22.6 Å². The number of carbonyl (C=O) groups is 3. The molecule has 1 saturated carbocycles. The van der Waals surface area contributed by atoms with Crippen LogP contribution in [0.1, 0.15) is 64.8 Å². The largest absolute Gasteiger partial charge is 0.493 e. The third-order valence-corrected chi connectivity index (χ3v) is 8.68. The van der Waals surface area contributed by atoms with Crippen LogP contribution in [0.15, 0.2) is 48.0 Å². The maximum Gasteiger partial charge on any atom is 0.416 e. The minimum atomic E-state index is -4.57. The topological polar surface area (TPSA) is 125 Å². The van der Waals surface area contributed by atoms with Crippen molar-refractivity contribution < 1.29 is 47.2 Å². The van der Waals surface area contributed by atoms with Crippen LogP contribution in [0.5, 0.6) is 11.5 Å². The van der Waals surface area contributed by atoms with Crippen LogP contribution in [-0.4, -0.2) is 77.8 Å². The predicted octanol–water partition coefficient (Wildman–Crippen LogP) is 4.52. The van der Waals surface area contributed by atoms with Crippen molar-refractivity contribution in [1.82, 2.24) is 10.2 Å². The summed E-state index contributed by atoms with van der Waals surface area (Å²) in [6.07, 6.45) is -1.18. The molecule has 0 aliphatic heterocycles. The van der Waals surface area contributed by atoms with Crippen LogP contribution in [0.4, 0.5) is 13.2 Å². The number of halogens is 4. The van der Waals surface area contributed by atoms with Gasteiger partial charge in [0.15, 0.2) is 11.5 Å². The van der Waals surface area contributed by atoms with Crippen LogP contribution in [0.25, 0.3) is 0 Å². The molecule has 13 heteroatoms. The van der Waals surface area contributed by atoms with Gasteiger partial charge in [0.1, 0.15) is 18.5 Å². The van der Waals surface area contributed by atoms with Gasteiger partial charge >= 0.3 is 6.18 Å². The molecule has 2 aromatic carbocycles. The van der Waals surface area contributed by atoms with Crippen molar-refractivity contribution >= 4 is 40.7 Å². The van der Waals surface area contributed by atoms with E-state index >= 15 is 0 Å². The van der Waals surface area contributed by atoms with E-state index in [0.717, 1.165) is 43.5 Å². The number of hydrogen-bond donors (Lipinski definition) is 3. The van der Waals surface area contributed by atoms with E-state index in [4.69, 9.17) is 9.47 Å². The summed E-state index contributed by atoms with van der Waals surface area (Å²) < 4.78 is 51.9. The summed E-state index contributed by atoms with van der Waals surface area (Å²) in [5.41, 5.74) is -0.321. The molecule has 0 heterocycles. The maximum atomic E-state index is 14.1. The number of methoxy groups -OCH3 is 1. The molecule has 0 spiro atoms. The summed E-state index contributed by atoms with van der Waals surface area (Å²) in [7, 11) is 1.39. The first-order chi connectivity index (χ1) is 21.0. The number of aldehydes is 1. The number of ether oxygens (including phenoxy) is 2. The lowest BCUT2D eigenvalue weighted by atomic mass is 9.84. The number of amides is 2. The number of nitrogens with one attached hydrogen (secondary N) is 1. The minimum Gasteiger partial charge on any atom is -0.493 e. The smallest absolute Gasteiger partial charge is 0.416 e. The van der Waals surface area contributed by atoms with Gasteiger partial charge in [-0.15, -0.1) is 0 Å². The molecule has 2 amide bonds. The molecule has 0 saturated heterocycles. The number of aliphatic hydroxyl groups excluding tert-OH is 2. The fourth-order valence-electron chi connectivity index (χ4n) is 5.70. The first-order valence-electron chi connectivity index (χ1n) is 14.3. The van der Waals surface area contributed by atoms with Gasteiger partial charge < -0.3 is 29.9 Å². The fourth-order valence-corrected chi connectivity index (χ4v) is 6.46. The second kappa shape index (κ2) is 14.7. The molecule has 44 heavy (non-hydrogen) atoms. The third kappa shape index (κ3) is 7.72. The molecule has 0 bridgehead atoms. The van der Waals surface area contributed by atoms with Crippen molar-refractivity contribution in [2.24, 2.45) is 0 Å². The van der Waals surface area contributed by atoms with Gasteiger partial charge in [0, 0.05) is 35.7 Å².